The second kappa shape index (κ2) is 12.3. The molecule has 1 fully saturated rings. The van der Waals surface area contributed by atoms with Gasteiger partial charge in [0.25, 0.3) is 5.56 Å². The van der Waals surface area contributed by atoms with E-state index in [9.17, 15) is 29.4 Å². The number of aromatic nitrogens is 2. The molecule has 5 N–H and O–H groups in total. The fourth-order valence-electron chi connectivity index (χ4n) is 5.87. The van der Waals surface area contributed by atoms with E-state index in [1.807, 2.05) is 48.5 Å². The Labute approximate surface area is 250 Å². The van der Waals surface area contributed by atoms with Gasteiger partial charge in [0, 0.05) is 18.2 Å². The maximum absolute atomic E-state index is 13.7. The number of aliphatic hydroxyl groups is 2. The molecule has 0 radical (unpaired) electrons. The maximum Gasteiger partial charge on any atom is 0.408 e. The average Bonchev–Trinajstić information content (AvgIpc) is 3.53. The Morgan fingerprint density at radius 1 is 0.932 bits per heavy atom. The molecule has 1 aromatic heterocycles. The summed E-state index contributed by atoms with van der Waals surface area (Å²) in [5.74, 6) is -0.909. The van der Waals surface area contributed by atoms with Crippen LogP contribution in [-0.2, 0) is 14.3 Å². The van der Waals surface area contributed by atoms with E-state index < -0.39 is 60.4 Å². The lowest BCUT2D eigenvalue weighted by atomic mass is 9.98. The highest BCUT2D eigenvalue weighted by Gasteiger charge is 2.46. The summed E-state index contributed by atoms with van der Waals surface area (Å²) < 4.78 is 12.3. The predicted octanol–water partition coefficient (Wildman–Crippen LogP) is 1.55. The Bertz CT molecular complexity index is 1740. The lowest BCUT2D eigenvalue weighted by Crippen LogP contribution is -2.52. The van der Waals surface area contributed by atoms with E-state index in [1.165, 1.54) is 6.20 Å². The molecule has 0 spiro atoms. The molecule has 12 heteroatoms. The van der Waals surface area contributed by atoms with Crippen molar-refractivity contribution >= 4 is 12.0 Å². The fraction of sp³-hybridized carbons (Fsp3) is 0.250. The number of aliphatic hydroxyl groups excluding tert-OH is 2. The van der Waals surface area contributed by atoms with Crippen molar-refractivity contribution in [2.45, 2.75) is 36.4 Å². The Hall–Kier alpha value is -5.04. The summed E-state index contributed by atoms with van der Waals surface area (Å²) >= 11 is 0. The number of hydrogen-bond acceptors (Lipinski definition) is 8. The first-order chi connectivity index (χ1) is 21.4. The van der Waals surface area contributed by atoms with Gasteiger partial charge in [0.15, 0.2) is 6.23 Å². The van der Waals surface area contributed by atoms with E-state index in [0.29, 0.717) is 5.56 Å². The Morgan fingerprint density at radius 3 is 2.20 bits per heavy atom. The summed E-state index contributed by atoms with van der Waals surface area (Å²) in [5, 5.41) is 25.9. The molecule has 4 aromatic rings. The van der Waals surface area contributed by atoms with E-state index >= 15 is 0 Å². The van der Waals surface area contributed by atoms with E-state index in [-0.39, 0.29) is 12.5 Å². The second-order valence-corrected chi connectivity index (χ2v) is 10.6. The summed E-state index contributed by atoms with van der Waals surface area (Å²) in [7, 11) is 0. The monoisotopic (exact) mass is 598 g/mol. The van der Waals surface area contributed by atoms with Crippen LogP contribution in [0.4, 0.5) is 4.79 Å². The summed E-state index contributed by atoms with van der Waals surface area (Å²) in [6, 6.07) is 22.9. The number of amides is 2. The maximum atomic E-state index is 13.7. The fourth-order valence-corrected chi connectivity index (χ4v) is 5.87. The van der Waals surface area contributed by atoms with Crippen LogP contribution in [0.2, 0.25) is 0 Å². The van der Waals surface area contributed by atoms with Crippen LogP contribution >= 0.6 is 0 Å². The third-order valence-electron chi connectivity index (χ3n) is 7.99. The van der Waals surface area contributed by atoms with Crippen LogP contribution in [0, 0.1) is 0 Å². The summed E-state index contributed by atoms with van der Waals surface area (Å²) in [6.45, 7) is -0.560. The molecule has 44 heavy (non-hydrogen) atoms. The quantitative estimate of drug-likeness (QED) is 0.203. The molecule has 12 nitrogen and oxygen atoms in total. The number of hydrogen-bond donors (Lipinski definition) is 5. The van der Waals surface area contributed by atoms with Crippen molar-refractivity contribution in [3.63, 3.8) is 0 Å². The number of alkyl carbamates (subject to hydrolysis) is 1. The van der Waals surface area contributed by atoms with Crippen LogP contribution < -0.4 is 21.9 Å². The number of nitrogens with one attached hydrogen (secondary N) is 3. The molecular formula is C32H30N4O8. The number of nitrogens with zero attached hydrogens (tertiary/aromatic N) is 1. The number of carbonyl (C=O) groups excluding carboxylic acids is 2. The minimum atomic E-state index is -1.42. The standard InChI is InChI=1S/C32H30N4O8/c37-16-24-28(39)27(30(44-24)36-15-14-25(38)33-31(36)41)34-29(40)26(18-8-2-1-3-9-18)35-32(42)43-17-23-21-12-6-4-10-19(21)20-11-5-7-13-22(20)23/h1-15,23-24,26-28,30,37,39H,16-17H2,(H,34,40)(H,35,42)(H,33,38,41)/t24?,26-,27?,28?,30?/m1/s1. The first kappa shape index (κ1) is 29.1. The van der Waals surface area contributed by atoms with Crippen molar-refractivity contribution in [3.8, 4) is 11.1 Å². The molecule has 1 saturated heterocycles. The average molecular weight is 599 g/mol. The van der Waals surface area contributed by atoms with Gasteiger partial charge in [-0.05, 0) is 27.8 Å². The van der Waals surface area contributed by atoms with E-state index in [0.717, 1.165) is 32.9 Å². The molecule has 3 aromatic carbocycles. The molecule has 2 heterocycles. The molecule has 0 saturated carbocycles. The van der Waals surface area contributed by atoms with Gasteiger partial charge in [-0.25, -0.2) is 9.59 Å². The van der Waals surface area contributed by atoms with Gasteiger partial charge in [0.2, 0.25) is 5.91 Å². The highest BCUT2D eigenvalue weighted by molar-refractivity contribution is 5.87. The molecule has 6 rings (SSSR count). The van der Waals surface area contributed by atoms with Crippen molar-refractivity contribution < 1.29 is 29.3 Å². The van der Waals surface area contributed by atoms with Gasteiger partial charge < -0.3 is 30.3 Å². The Kier molecular flexibility index (Phi) is 8.11. The number of benzene rings is 3. The summed E-state index contributed by atoms with van der Waals surface area (Å²) in [4.78, 5) is 53.1. The molecule has 5 atom stereocenters. The number of carbonyl (C=O) groups is 2. The van der Waals surface area contributed by atoms with Crippen LogP contribution in [0.25, 0.3) is 11.1 Å². The molecule has 2 amide bonds. The van der Waals surface area contributed by atoms with Crippen LogP contribution in [0.1, 0.15) is 34.9 Å². The first-order valence-corrected chi connectivity index (χ1v) is 14.1. The topological polar surface area (TPSA) is 172 Å². The zero-order chi connectivity index (χ0) is 30.8. The van der Waals surface area contributed by atoms with Gasteiger partial charge in [0.1, 0.15) is 30.9 Å². The molecule has 0 bridgehead atoms. The van der Waals surface area contributed by atoms with Gasteiger partial charge >= 0.3 is 11.8 Å². The molecule has 4 unspecified atom stereocenters. The number of aromatic amines is 1. The predicted molar refractivity (Wildman–Crippen MR) is 158 cm³/mol. The third-order valence-corrected chi connectivity index (χ3v) is 7.99. The highest BCUT2D eigenvalue weighted by Crippen LogP contribution is 2.44. The summed E-state index contributed by atoms with van der Waals surface area (Å²) in [5.41, 5.74) is 3.20. The van der Waals surface area contributed by atoms with Crippen molar-refractivity contribution in [3.05, 3.63) is 129 Å². The molecule has 1 aliphatic carbocycles. The van der Waals surface area contributed by atoms with Gasteiger partial charge in [-0.15, -0.1) is 0 Å². The number of fused-ring (bicyclic) bond motifs is 3. The van der Waals surface area contributed by atoms with E-state index in [1.54, 1.807) is 30.3 Å². The lowest BCUT2D eigenvalue weighted by molar-refractivity contribution is -0.125. The van der Waals surface area contributed by atoms with Crippen LogP contribution in [0.5, 0.6) is 0 Å². The SMILES string of the molecule is O=C(N[C@@H](C(=O)NC1C(O)C(CO)OC1n1ccc(=O)[nH]c1=O)c1ccccc1)OCC1c2ccccc2-c2ccccc21. The van der Waals surface area contributed by atoms with Gasteiger partial charge in [-0.3, -0.25) is 19.1 Å². The van der Waals surface area contributed by atoms with Crippen molar-refractivity contribution in [2.75, 3.05) is 13.2 Å². The summed E-state index contributed by atoms with van der Waals surface area (Å²) in [6.07, 6.45) is -3.48. The van der Waals surface area contributed by atoms with Crippen molar-refractivity contribution in [1.82, 2.24) is 20.2 Å². The van der Waals surface area contributed by atoms with Crippen LogP contribution in [0.15, 0.2) is 101 Å². The smallest absolute Gasteiger partial charge is 0.408 e. The minimum absolute atomic E-state index is 0.0353. The number of rotatable bonds is 8. The molecular weight excluding hydrogens is 568 g/mol. The number of ether oxygens (including phenoxy) is 2. The normalized spacial score (nSPS) is 21.2. The highest BCUT2D eigenvalue weighted by atomic mass is 16.6. The zero-order valence-corrected chi connectivity index (χ0v) is 23.3. The van der Waals surface area contributed by atoms with Gasteiger partial charge in [-0.2, -0.15) is 0 Å². The van der Waals surface area contributed by atoms with E-state index in [2.05, 4.69) is 15.6 Å². The van der Waals surface area contributed by atoms with Crippen molar-refractivity contribution in [1.29, 1.82) is 0 Å². The Morgan fingerprint density at radius 2 is 1.57 bits per heavy atom. The van der Waals surface area contributed by atoms with Gasteiger partial charge in [-0.1, -0.05) is 78.9 Å². The molecule has 1 aliphatic heterocycles. The Balaban J connectivity index is 1.21. The third kappa shape index (κ3) is 5.53. The minimum Gasteiger partial charge on any atom is -0.449 e. The van der Waals surface area contributed by atoms with E-state index in [4.69, 9.17) is 9.47 Å². The molecule has 2 aliphatic rings. The molecule has 226 valence electrons. The zero-order valence-electron chi connectivity index (χ0n) is 23.3. The van der Waals surface area contributed by atoms with Crippen LogP contribution in [0.3, 0.4) is 0 Å². The lowest BCUT2D eigenvalue weighted by Gasteiger charge is -2.26. The van der Waals surface area contributed by atoms with Crippen LogP contribution in [-0.4, -0.2) is 63.2 Å². The largest absolute Gasteiger partial charge is 0.449 e. The number of H-pyrrole nitrogens is 1. The van der Waals surface area contributed by atoms with Crippen molar-refractivity contribution in [2.24, 2.45) is 0 Å². The first-order valence-electron chi connectivity index (χ1n) is 14.1. The van der Waals surface area contributed by atoms with Gasteiger partial charge in [0.05, 0.1) is 6.61 Å². The second-order valence-electron chi connectivity index (χ2n) is 10.6.